The number of nitrogens with zero attached hydrogens (tertiary/aromatic N) is 1. The Balaban J connectivity index is 1.33. The fourth-order valence-corrected chi connectivity index (χ4v) is 3.31. The molecule has 2 N–H and O–H groups in total. The van der Waals surface area contributed by atoms with Crippen molar-refractivity contribution in [2.75, 3.05) is 18.5 Å². The lowest BCUT2D eigenvalue weighted by Crippen LogP contribution is -2.12. The number of anilines is 1. The molecule has 144 valence electrons. The first-order valence-electron chi connectivity index (χ1n) is 9.52. The van der Waals surface area contributed by atoms with Crippen LogP contribution in [0.5, 0.6) is 11.5 Å². The number of imidazole rings is 1. The molecule has 0 saturated heterocycles. The van der Waals surface area contributed by atoms with Gasteiger partial charge in [-0.3, -0.25) is 4.79 Å². The topological polar surface area (TPSA) is 76.2 Å². The average molecular weight is 385 g/mol. The van der Waals surface area contributed by atoms with Gasteiger partial charge in [-0.05, 0) is 54.6 Å². The lowest BCUT2D eigenvalue weighted by molar-refractivity contribution is 0.102. The lowest BCUT2D eigenvalue weighted by atomic mass is 10.1. The van der Waals surface area contributed by atoms with E-state index in [1.54, 1.807) is 18.2 Å². The monoisotopic (exact) mass is 385 g/mol. The predicted octanol–water partition coefficient (Wildman–Crippen LogP) is 4.64. The Labute approximate surface area is 167 Å². The fourth-order valence-electron chi connectivity index (χ4n) is 3.31. The van der Waals surface area contributed by atoms with E-state index in [1.165, 1.54) is 0 Å². The van der Waals surface area contributed by atoms with Crippen LogP contribution in [0.3, 0.4) is 0 Å². The van der Waals surface area contributed by atoms with Gasteiger partial charge in [0.2, 0.25) is 0 Å². The quantitative estimate of drug-likeness (QED) is 0.538. The molecule has 0 fully saturated rings. The Morgan fingerprint density at radius 1 is 0.931 bits per heavy atom. The van der Waals surface area contributed by atoms with E-state index in [4.69, 9.17) is 9.47 Å². The number of carbonyl (C=O) groups is 1. The summed E-state index contributed by atoms with van der Waals surface area (Å²) in [5.74, 6) is 1.88. The Morgan fingerprint density at radius 2 is 1.72 bits per heavy atom. The number of aromatic amines is 1. The highest BCUT2D eigenvalue weighted by molar-refractivity contribution is 6.04. The molecule has 0 spiro atoms. The smallest absolute Gasteiger partial charge is 0.255 e. The number of para-hydroxylation sites is 2. The van der Waals surface area contributed by atoms with Crippen molar-refractivity contribution in [2.45, 2.75) is 6.42 Å². The van der Waals surface area contributed by atoms with E-state index in [0.717, 1.165) is 28.8 Å². The van der Waals surface area contributed by atoms with E-state index in [2.05, 4.69) is 15.3 Å². The van der Waals surface area contributed by atoms with Crippen molar-refractivity contribution in [3.05, 3.63) is 72.3 Å². The molecule has 0 aliphatic carbocycles. The maximum Gasteiger partial charge on any atom is 0.255 e. The molecule has 6 nitrogen and oxygen atoms in total. The van der Waals surface area contributed by atoms with Crippen LogP contribution >= 0.6 is 0 Å². The van der Waals surface area contributed by atoms with Crippen LogP contribution in [0.15, 0.2) is 66.7 Å². The van der Waals surface area contributed by atoms with E-state index < -0.39 is 0 Å². The highest BCUT2D eigenvalue weighted by atomic mass is 16.5. The van der Waals surface area contributed by atoms with Crippen molar-refractivity contribution in [1.82, 2.24) is 9.97 Å². The fraction of sp³-hybridized carbons (Fsp3) is 0.130. The van der Waals surface area contributed by atoms with Gasteiger partial charge in [0.15, 0.2) is 11.5 Å². The Morgan fingerprint density at radius 3 is 2.55 bits per heavy atom. The van der Waals surface area contributed by atoms with Gasteiger partial charge < -0.3 is 19.8 Å². The Bertz CT molecular complexity index is 1150. The van der Waals surface area contributed by atoms with E-state index in [0.29, 0.717) is 36.0 Å². The van der Waals surface area contributed by atoms with Gasteiger partial charge in [0.1, 0.15) is 5.82 Å². The average Bonchev–Trinajstić information content (AvgIpc) is 3.05. The number of fused-ring (bicyclic) bond motifs is 2. The third-order valence-corrected chi connectivity index (χ3v) is 4.82. The third kappa shape index (κ3) is 3.52. The lowest BCUT2D eigenvalue weighted by Gasteiger charge is -2.10. The Hall–Kier alpha value is -3.80. The van der Waals surface area contributed by atoms with E-state index in [-0.39, 0.29) is 5.91 Å². The molecule has 5 rings (SSSR count). The molecule has 4 aromatic rings. The number of H-pyrrole nitrogens is 1. The molecule has 29 heavy (non-hydrogen) atoms. The molecule has 3 aromatic carbocycles. The molecule has 0 atom stereocenters. The first-order valence-corrected chi connectivity index (χ1v) is 9.52. The summed E-state index contributed by atoms with van der Waals surface area (Å²) >= 11 is 0. The van der Waals surface area contributed by atoms with Crippen LogP contribution in [0.25, 0.3) is 22.4 Å². The summed E-state index contributed by atoms with van der Waals surface area (Å²) in [6.45, 7) is 1.21. The van der Waals surface area contributed by atoms with E-state index in [1.807, 2.05) is 48.5 Å². The number of benzene rings is 3. The molecular weight excluding hydrogens is 366 g/mol. The van der Waals surface area contributed by atoms with Gasteiger partial charge in [-0.1, -0.05) is 12.1 Å². The van der Waals surface area contributed by atoms with Crippen molar-refractivity contribution in [3.63, 3.8) is 0 Å². The minimum Gasteiger partial charge on any atom is -0.490 e. The molecule has 1 aromatic heterocycles. The van der Waals surface area contributed by atoms with Crippen molar-refractivity contribution >= 4 is 22.6 Å². The molecule has 2 heterocycles. The zero-order valence-corrected chi connectivity index (χ0v) is 15.6. The van der Waals surface area contributed by atoms with Gasteiger partial charge in [0, 0.05) is 23.2 Å². The second-order valence-electron chi connectivity index (χ2n) is 6.85. The molecular formula is C23H19N3O3. The SMILES string of the molecule is O=C(Nc1ccc(-c2nc3ccccc3[nH]2)cc1)c1ccc2c(c1)OCCCO2. The van der Waals surface area contributed by atoms with Gasteiger partial charge in [-0.25, -0.2) is 4.98 Å². The number of aromatic nitrogens is 2. The van der Waals surface area contributed by atoms with Crippen molar-refractivity contribution < 1.29 is 14.3 Å². The van der Waals surface area contributed by atoms with Crippen molar-refractivity contribution in [3.8, 4) is 22.9 Å². The highest BCUT2D eigenvalue weighted by Gasteiger charge is 2.14. The number of nitrogens with one attached hydrogen (secondary N) is 2. The second kappa shape index (κ2) is 7.31. The van der Waals surface area contributed by atoms with E-state index >= 15 is 0 Å². The maximum atomic E-state index is 12.6. The van der Waals surface area contributed by atoms with E-state index in [9.17, 15) is 4.79 Å². The van der Waals surface area contributed by atoms with Gasteiger partial charge in [0.25, 0.3) is 5.91 Å². The third-order valence-electron chi connectivity index (χ3n) is 4.82. The van der Waals surface area contributed by atoms with Gasteiger partial charge in [-0.15, -0.1) is 0 Å². The largest absolute Gasteiger partial charge is 0.490 e. The standard InChI is InChI=1S/C23H19N3O3/c27-23(16-8-11-20-21(14-16)29-13-3-12-28-20)24-17-9-6-15(7-10-17)22-25-18-4-1-2-5-19(18)26-22/h1-2,4-11,14H,3,12-13H2,(H,24,27)(H,25,26). The minimum absolute atomic E-state index is 0.197. The van der Waals surface area contributed by atoms with Crippen LogP contribution in [-0.4, -0.2) is 29.1 Å². The second-order valence-corrected chi connectivity index (χ2v) is 6.85. The van der Waals surface area contributed by atoms with Gasteiger partial charge in [0.05, 0.1) is 24.2 Å². The molecule has 1 aliphatic rings. The predicted molar refractivity (Wildman–Crippen MR) is 112 cm³/mol. The number of hydrogen-bond acceptors (Lipinski definition) is 4. The minimum atomic E-state index is -0.197. The molecule has 6 heteroatoms. The molecule has 0 saturated carbocycles. The first kappa shape index (κ1) is 17.3. The normalized spacial score (nSPS) is 13.1. The number of amides is 1. The molecule has 1 amide bonds. The summed E-state index contributed by atoms with van der Waals surface area (Å²) < 4.78 is 11.3. The van der Waals surface area contributed by atoms with Crippen LogP contribution in [-0.2, 0) is 0 Å². The molecule has 0 unspecified atom stereocenters. The maximum absolute atomic E-state index is 12.6. The molecule has 0 radical (unpaired) electrons. The first-order chi connectivity index (χ1) is 14.3. The van der Waals surface area contributed by atoms with Crippen LogP contribution < -0.4 is 14.8 Å². The highest BCUT2D eigenvalue weighted by Crippen LogP contribution is 2.30. The number of carbonyl (C=O) groups excluding carboxylic acids is 1. The number of ether oxygens (including phenoxy) is 2. The molecule has 1 aliphatic heterocycles. The van der Waals surface area contributed by atoms with Crippen LogP contribution in [0.4, 0.5) is 5.69 Å². The zero-order valence-electron chi connectivity index (χ0n) is 15.6. The molecule has 0 bridgehead atoms. The summed E-state index contributed by atoms with van der Waals surface area (Å²) in [4.78, 5) is 20.5. The van der Waals surface area contributed by atoms with Crippen LogP contribution in [0, 0.1) is 0 Å². The Kier molecular flexibility index (Phi) is 4.37. The number of hydrogen-bond donors (Lipinski definition) is 2. The number of rotatable bonds is 3. The van der Waals surface area contributed by atoms with Gasteiger partial charge >= 0.3 is 0 Å². The van der Waals surface area contributed by atoms with Crippen molar-refractivity contribution in [1.29, 1.82) is 0 Å². The van der Waals surface area contributed by atoms with Crippen molar-refractivity contribution in [2.24, 2.45) is 0 Å². The van der Waals surface area contributed by atoms with Crippen LogP contribution in [0.1, 0.15) is 16.8 Å². The summed E-state index contributed by atoms with van der Waals surface area (Å²) in [5, 5.41) is 2.92. The summed E-state index contributed by atoms with van der Waals surface area (Å²) in [7, 11) is 0. The summed E-state index contributed by atoms with van der Waals surface area (Å²) in [5.41, 5.74) is 4.11. The van der Waals surface area contributed by atoms with Gasteiger partial charge in [-0.2, -0.15) is 0 Å². The summed E-state index contributed by atoms with van der Waals surface area (Å²) in [6, 6.07) is 20.7. The summed E-state index contributed by atoms with van der Waals surface area (Å²) in [6.07, 6.45) is 0.827. The van der Waals surface area contributed by atoms with Crippen LogP contribution in [0.2, 0.25) is 0 Å². The zero-order chi connectivity index (χ0) is 19.6.